The molecule has 296 valence electrons. The Balaban J connectivity index is 1.34. The molecule has 1 aliphatic rings. The van der Waals surface area contributed by atoms with Crippen LogP contribution in [0.4, 0.5) is 17.1 Å². The van der Waals surface area contributed by atoms with E-state index in [-0.39, 0.29) is 55.2 Å². The molecule has 63 heavy (non-hydrogen) atoms. The summed E-state index contributed by atoms with van der Waals surface area (Å²) in [6, 6.07) is -16.0. The second kappa shape index (κ2) is 13.5. The maximum absolute atomic E-state index is 10.9. The predicted molar refractivity (Wildman–Crippen MR) is 267 cm³/mol. The highest BCUT2D eigenvalue weighted by molar-refractivity contribution is 6.27. The number of benzene rings is 11. The van der Waals surface area contributed by atoms with Crippen LogP contribution in [0.2, 0.25) is 0 Å². The first kappa shape index (κ1) is 17.4. The quantitative estimate of drug-likeness (QED) is 0.161. The largest absolute Gasteiger partial charge is 0.456 e. The Hall–Kier alpha value is -7.94. The third kappa shape index (κ3) is 5.44. The lowest BCUT2D eigenvalue weighted by atomic mass is 9.82. The van der Waals surface area contributed by atoms with Crippen molar-refractivity contribution in [1.29, 1.82) is 0 Å². The van der Waals surface area contributed by atoms with Crippen LogP contribution < -0.4 is 4.90 Å². The van der Waals surface area contributed by atoms with Crippen LogP contribution in [0.1, 0.15) is 64.7 Å². The third-order valence-electron chi connectivity index (χ3n) is 11.3. The molecule has 0 aliphatic heterocycles. The lowest BCUT2D eigenvalue weighted by molar-refractivity contribution is 0.660. The van der Waals surface area contributed by atoms with Gasteiger partial charge in [0.15, 0.2) is 0 Å². The first-order valence-electron chi connectivity index (χ1n) is 34.0. The van der Waals surface area contributed by atoms with E-state index in [1.807, 2.05) is 0 Å². The van der Waals surface area contributed by atoms with Gasteiger partial charge in [-0.05, 0) is 136 Å². The van der Waals surface area contributed by atoms with Gasteiger partial charge in [0.25, 0.3) is 0 Å². The molecule has 1 aromatic heterocycles. The summed E-state index contributed by atoms with van der Waals surface area (Å²) < 4.78 is 281. The summed E-state index contributed by atoms with van der Waals surface area (Å²) in [6.07, 6.45) is 0. The zero-order valence-electron chi connectivity index (χ0n) is 61.8. The summed E-state index contributed by atoms with van der Waals surface area (Å²) in [5, 5.41) is -4.30. The normalized spacial score (nSPS) is 19.5. The second-order valence-electron chi connectivity index (χ2n) is 15.3. The van der Waals surface area contributed by atoms with Gasteiger partial charge in [-0.15, -0.1) is 0 Å². The van der Waals surface area contributed by atoms with Gasteiger partial charge in [-0.1, -0.05) is 165 Å². The van der Waals surface area contributed by atoms with Crippen molar-refractivity contribution >= 4 is 82.1 Å². The van der Waals surface area contributed by atoms with Gasteiger partial charge in [0.1, 0.15) is 11.2 Å². The summed E-state index contributed by atoms with van der Waals surface area (Å²) in [4.78, 5) is 0.727. The van der Waals surface area contributed by atoms with Crippen molar-refractivity contribution in [2.24, 2.45) is 0 Å². The number of para-hydroxylation sites is 1. The monoisotopic (exact) mass is 833 g/mol. The zero-order chi connectivity index (χ0) is 67.0. The highest BCUT2D eigenvalue weighted by Crippen LogP contribution is 2.52. The summed E-state index contributed by atoms with van der Waals surface area (Å²) >= 11 is 0. The standard InChI is InChI=1S/C61H41NO/c1-61(2)56-24-11-9-22-49(56)50-30-28-43(34-57(50)61)62(44-29-31-52-51-23-10-12-25-59(51)63-60(52)35-44)58-37-55-48-21-8-6-19-46(48)45-18-5-7-20-47(45)54(55)36-53(58)42-17-13-16-40(33-42)41-27-26-38-14-3-4-15-39(38)32-41/h3-37H,1-2H3/i7D,8D,9D,11D,12D,13D,14D,15D,16D,17D,18D,19D,20D,21D,22D,23D,24D,25D,26D,27D,28D,30D,31D,32D,33D,34D,35D,36D,37D. The van der Waals surface area contributed by atoms with Crippen LogP contribution in [-0.4, -0.2) is 0 Å². The lowest BCUT2D eigenvalue weighted by Crippen LogP contribution is -2.17. The average Bonchev–Trinajstić information content (AvgIpc) is 1.10. The Morgan fingerprint density at radius 2 is 1.08 bits per heavy atom. The van der Waals surface area contributed by atoms with E-state index in [0.29, 0.717) is 0 Å². The number of hydrogen-bond donors (Lipinski definition) is 0. The van der Waals surface area contributed by atoms with Gasteiger partial charge in [-0.25, -0.2) is 0 Å². The third-order valence-corrected chi connectivity index (χ3v) is 11.3. The molecule has 11 aromatic carbocycles. The van der Waals surface area contributed by atoms with Crippen molar-refractivity contribution in [3.05, 3.63) is 223 Å². The predicted octanol–water partition coefficient (Wildman–Crippen LogP) is 17.3. The molecule has 2 nitrogen and oxygen atoms in total. The average molecular weight is 833 g/mol. The summed E-state index contributed by atoms with van der Waals surface area (Å²) in [7, 11) is 0. The Kier molecular flexibility index (Phi) is 3.75. The highest BCUT2D eigenvalue weighted by atomic mass is 16.3. The molecule has 1 heterocycles. The number of hydrogen-bond acceptors (Lipinski definition) is 2. The Labute approximate surface area is 406 Å². The van der Waals surface area contributed by atoms with Gasteiger partial charge in [0.2, 0.25) is 0 Å². The number of nitrogens with zero attached hydrogens (tertiary/aromatic N) is 1. The van der Waals surface area contributed by atoms with Gasteiger partial charge in [0, 0.05) is 39.2 Å². The van der Waals surface area contributed by atoms with Crippen LogP contribution in [0, 0.1) is 0 Å². The Morgan fingerprint density at radius 3 is 1.92 bits per heavy atom. The minimum Gasteiger partial charge on any atom is -0.456 e. The lowest BCUT2D eigenvalue weighted by Gasteiger charge is -2.30. The van der Waals surface area contributed by atoms with Gasteiger partial charge in [0.05, 0.1) is 45.4 Å². The molecular weight excluding hydrogens is 763 g/mol. The van der Waals surface area contributed by atoms with Gasteiger partial charge in [-0.3, -0.25) is 0 Å². The molecular formula is C61H41NO. The minimum absolute atomic E-state index is 0.117. The van der Waals surface area contributed by atoms with E-state index in [1.165, 1.54) is 13.8 Å². The first-order chi connectivity index (χ1) is 43.1. The number of rotatable bonds is 5. The fraction of sp³-hybridized carbons (Fsp3) is 0.0492. The number of furan rings is 1. The van der Waals surface area contributed by atoms with E-state index in [0.717, 1.165) is 41.3 Å². The zero-order valence-corrected chi connectivity index (χ0v) is 32.8. The molecule has 2 heteroatoms. The molecule has 0 fully saturated rings. The molecule has 0 saturated heterocycles. The van der Waals surface area contributed by atoms with E-state index in [2.05, 4.69) is 0 Å². The highest BCUT2D eigenvalue weighted by Gasteiger charge is 2.36. The van der Waals surface area contributed by atoms with Crippen molar-refractivity contribution in [3.63, 3.8) is 0 Å². The molecule has 0 unspecified atom stereocenters. The minimum atomic E-state index is -1.73. The van der Waals surface area contributed by atoms with E-state index in [4.69, 9.17) is 19.5 Å². The molecule has 0 N–H and O–H groups in total. The van der Waals surface area contributed by atoms with Crippen LogP contribution in [0.25, 0.3) is 98.4 Å². The fourth-order valence-corrected chi connectivity index (χ4v) is 8.39. The maximum atomic E-state index is 10.9. The molecule has 0 radical (unpaired) electrons. The topological polar surface area (TPSA) is 16.4 Å². The van der Waals surface area contributed by atoms with Crippen LogP contribution >= 0.6 is 0 Å². The smallest absolute Gasteiger partial charge is 0.137 e. The summed E-state index contributed by atoms with van der Waals surface area (Å²) in [6.45, 7) is 2.93. The number of anilines is 3. The maximum Gasteiger partial charge on any atom is 0.137 e. The molecule has 0 spiro atoms. The van der Waals surface area contributed by atoms with Gasteiger partial charge >= 0.3 is 0 Å². The second-order valence-corrected chi connectivity index (χ2v) is 15.3. The van der Waals surface area contributed by atoms with Crippen molar-refractivity contribution in [1.82, 2.24) is 0 Å². The van der Waals surface area contributed by atoms with Crippen LogP contribution in [-0.2, 0) is 5.41 Å². The summed E-state index contributed by atoms with van der Waals surface area (Å²) in [5.74, 6) is 0. The van der Waals surface area contributed by atoms with Crippen molar-refractivity contribution in [3.8, 4) is 33.4 Å². The van der Waals surface area contributed by atoms with Gasteiger partial charge in [-0.2, -0.15) is 0 Å². The van der Waals surface area contributed by atoms with Gasteiger partial charge < -0.3 is 9.32 Å². The Morgan fingerprint density at radius 1 is 0.397 bits per heavy atom. The number of fused-ring (bicyclic) bond motifs is 13. The van der Waals surface area contributed by atoms with E-state index in [1.54, 1.807) is 0 Å². The van der Waals surface area contributed by atoms with Crippen molar-refractivity contribution < 1.29 is 44.2 Å². The van der Waals surface area contributed by atoms with Crippen molar-refractivity contribution in [2.75, 3.05) is 4.90 Å². The summed E-state index contributed by atoms with van der Waals surface area (Å²) in [5.41, 5.74) is -9.90. The molecule has 0 amide bonds. The molecule has 0 saturated carbocycles. The molecule has 0 bridgehead atoms. The van der Waals surface area contributed by atoms with Crippen LogP contribution in [0.15, 0.2) is 216 Å². The molecule has 1 aliphatic carbocycles. The molecule has 0 atom stereocenters. The van der Waals surface area contributed by atoms with E-state index in [9.17, 15) is 24.7 Å². The molecule has 12 aromatic rings. The van der Waals surface area contributed by atoms with E-state index >= 15 is 0 Å². The van der Waals surface area contributed by atoms with Crippen LogP contribution in [0.3, 0.4) is 0 Å². The first-order valence-corrected chi connectivity index (χ1v) is 19.5. The van der Waals surface area contributed by atoms with Crippen molar-refractivity contribution in [2.45, 2.75) is 19.3 Å². The SMILES string of the molecule is [2H]c1cc([2H])c2c(oc3c([2H])c(N(c4c([2H])c([2H])c5c(c4[2H])C(C)(C)c4c([2H])c([2H])c([2H])c([2H])c4-5)c4c(-c5c([2H])c([2H])c([2H])c(-c6c([2H])c([2H])c7c([2H])ccc([2H])c7c6[2H])c5[2H])c([2H])c5c6c([2H])c([2H])cc([2H])c6c6c([2H])cc([2H])c([2H])c6c5c4[2H])cc([2H])c32)c1[2H]. The molecule has 13 rings (SSSR count). The van der Waals surface area contributed by atoms with E-state index < -0.39 is 252 Å². The fourth-order valence-electron chi connectivity index (χ4n) is 8.39. The van der Waals surface area contributed by atoms with Crippen LogP contribution in [0.5, 0.6) is 0 Å². The Bertz CT molecular complexity index is 5560.